The summed E-state index contributed by atoms with van der Waals surface area (Å²) in [5.41, 5.74) is 1.32. The number of fused-ring (bicyclic) bond motifs is 1. The first-order chi connectivity index (χ1) is 6.29. The van der Waals surface area contributed by atoms with E-state index >= 15 is 0 Å². The van der Waals surface area contributed by atoms with Gasteiger partial charge in [0.15, 0.2) is 0 Å². The molecular formula is C8H8N2O2S. The van der Waals surface area contributed by atoms with Crippen molar-refractivity contribution in [3.8, 4) is 0 Å². The number of carbonyl (C=O) groups is 1. The van der Waals surface area contributed by atoms with E-state index in [4.69, 9.17) is 5.11 Å². The fourth-order valence-corrected chi connectivity index (χ4v) is 1.87. The van der Waals surface area contributed by atoms with Crippen LogP contribution in [-0.4, -0.2) is 21.8 Å². The number of nitrogens with zero attached hydrogens (tertiary/aromatic N) is 1. The number of hydrogen-bond acceptors (Lipinski definition) is 4. The van der Waals surface area contributed by atoms with E-state index in [2.05, 4.69) is 10.3 Å². The van der Waals surface area contributed by atoms with Gasteiger partial charge in [-0.3, -0.25) is 9.78 Å². The van der Waals surface area contributed by atoms with Gasteiger partial charge in [-0.15, -0.1) is 11.8 Å². The molecule has 2 N–H and O–H groups in total. The summed E-state index contributed by atoms with van der Waals surface area (Å²) in [6.45, 7) is -0.103. The molecule has 5 heteroatoms. The zero-order chi connectivity index (χ0) is 9.26. The van der Waals surface area contributed by atoms with Gasteiger partial charge < -0.3 is 10.4 Å². The Kier molecular flexibility index (Phi) is 2.20. The number of aliphatic hydroxyl groups is 1. The Morgan fingerprint density at radius 3 is 3.31 bits per heavy atom. The van der Waals surface area contributed by atoms with Crippen molar-refractivity contribution in [3.63, 3.8) is 0 Å². The molecule has 0 fully saturated rings. The van der Waals surface area contributed by atoms with Gasteiger partial charge in [-0.2, -0.15) is 0 Å². The van der Waals surface area contributed by atoms with E-state index in [-0.39, 0.29) is 12.5 Å². The maximum absolute atomic E-state index is 11.0. The van der Waals surface area contributed by atoms with Crippen molar-refractivity contribution in [2.75, 3.05) is 11.1 Å². The highest BCUT2D eigenvalue weighted by molar-refractivity contribution is 8.00. The quantitative estimate of drug-likeness (QED) is 0.691. The van der Waals surface area contributed by atoms with Crippen molar-refractivity contribution in [3.05, 3.63) is 18.0 Å². The molecule has 1 aliphatic rings. The standard InChI is InChI=1S/C8H8N2O2S/c11-3-5-1-6-7(2-9-5)13-4-8(12)10-6/h1-2,11H,3-4H2,(H,10,12). The molecule has 0 atom stereocenters. The van der Waals surface area contributed by atoms with Crippen LogP contribution in [0, 0.1) is 0 Å². The maximum atomic E-state index is 11.0. The monoisotopic (exact) mass is 196 g/mol. The van der Waals surface area contributed by atoms with Gasteiger partial charge in [-0.05, 0) is 6.07 Å². The van der Waals surface area contributed by atoms with Gasteiger partial charge in [-0.1, -0.05) is 0 Å². The molecule has 4 nitrogen and oxygen atoms in total. The Morgan fingerprint density at radius 1 is 1.69 bits per heavy atom. The lowest BCUT2D eigenvalue weighted by Gasteiger charge is -2.15. The smallest absolute Gasteiger partial charge is 0.234 e. The number of thioether (sulfide) groups is 1. The van der Waals surface area contributed by atoms with E-state index in [0.29, 0.717) is 11.4 Å². The molecular weight excluding hydrogens is 188 g/mol. The number of aromatic nitrogens is 1. The van der Waals surface area contributed by atoms with Crippen LogP contribution < -0.4 is 5.32 Å². The highest BCUT2D eigenvalue weighted by Gasteiger charge is 2.15. The Labute approximate surface area is 79.4 Å². The van der Waals surface area contributed by atoms with Crippen LogP contribution in [0.25, 0.3) is 0 Å². The van der Waals surface area contributed by atoms with Gasteiger partial charge in [0.05, 0.1) is 23.7 Å². The average Bonchev–Trinajstić information content (AvgIpc) is 2.16. The van der Waals surface area contributed by atoms with Crippen molar-refractivity contribution in [1.29, 1.82) is 0 Å². The van der Waals surface area contributed by atoms with Gasteiger partial charge in [-0.25, -0.2) is 0 Å². The van der Waals surface area contributed by atoms with Gasteiger partial charge in [0, 0.05) is 11.1 Å². The van der Waals surface area contributed by atoms with Crippen molar-refractivity contribution in [2.45, 2.75) is 11.5 Å². The largest absolute Gasteiger partial charge is 0.390 e. The second-order valence-corrected chi connectivity index (χ2v) is 3.68. The van der Waals surface area contributed by atoms with Crippen LogP contribution >= 0.6 is 11.8 Å². The number of amides is 1. The number of pyridine rings is 1. The lowest BCUT2D eigenvalue weighted by molar-refractivity contribution is -0.113. The second kappa shape index (κ2) is 3.35. The van der Waals surface area contributed by atoms with Gasteiger partial charge in [0.1, 0.15) is 0 Å². The van der Waals surface area contributed by atoms with Crippen LogP contribution in [-0.2, 0) is 11.4 Å². The summed E-state index contributed by atoms with van der Waals surface area (Å²) in [6, 6.07) is 1.69. The van der Waals surface area contributed by atoms with E-state index in [1.165, 1.54) is 11.8 Å². The first kappa shape index (κ1) is 8.52. The van der Waals surface area contributed by atoms with Crippen molar-refractivity contribution >= 4 is 23.4 Å². The fraction of sp³-hybridized carbons (Fsp3) is 0.250. The third-order valence-corrected chi connectivity index (χ3v) is 2.76. The Balaban J connectivity index is 2.38. The Hall–Kier alpha value is -1.07. The number of anilines is 1. The topological polar surface area (TPSA) is 62.2 Å². The molecule has 0 unspecified atom stereocenters. The summed E-state index contributed by atoms with van der Waals surface area (Å²) >= 11 is 1.46. The molecule has 2 rings (SSSR count). The fourth-order valence-electron chi connectivity index (χ4n) is 1.11. The molecule has 0 bridgehead atoms. The molecule has 68 valence electrons. The molecule has 0 spiro atoms. The molecule has 1 aliphatic heterocycles. The number of carbonyl (C=O) groups excluding carboxylic acids is 1. The van der Waals surface area contributed by atoms with Crippen LogP contribution in [0.3, 0.4) is 0 Å². The van der Waals surface area contributed by atoms with Crippen LogP contribution in [0.5, 0.6) is 0 Å². The normalized spacial score (nSPS) is 15.0. The van der Waals surface area contributed by atoms with E-state index in [1.807, 2.05) is 0 Å². The van der Waals surface area contributed by atoms with Crippen LogP contribution in [0.15, 0.2) is 17.2 Å². The Morgan fingerprint density at radius 2 is 2.54 bits per heavy atom. The summed E-state index contributed by atoms with van der Waals surface area (Å²) in [7, 11) is 0. The lowest BCUT2D eigenvalue weighted by Crippen LogP contribution is -2.19. The first-order valence-corrected chi connectivity index (χ1v) is 4.80. The lowest BCUT2D eigenvalue weighted by atomic mass is 10.3. The van der Waals surface area contributed by atoms with Crippen LogP contribution in [0.2, 0.25) is 0 Å². The molecule has 13 heavy (non-hydrogen) atoms. The minimum atomic E-state index is -0.103. The second-order valence-electron chi connectivity index (χ2n) is 2.67. The zero-order valence-corrected chi connectivity index (χ0v) is 7.60. The van der Waals surface area contributed by atoms with Gasteiger partial charge in [0.25, 0.3) is 0 Å². The van der Waals surface area contributed by atoms with Crippen molar-refractivity contribution in [1.82, 2.24) is 4.98 Å². The predicted octanol–water partition coefficient (Wildman–Crippen LogP) is 0.618. The maximum Gasteiger partial charge on any atom is 0.234 e. The van der Waals surface area contributed by atoms with E-state index in [9.17, 15) is 4.79 Å². The molecule has 1 aromatic heterocycles. The van der Waals surface area contributed by atoms with E-state index < -0.39 is 0 Å². The third kappa shape index (κ3) is 1.66. The zero-order valence-electron chi connectivity index (χ0n) is 6.78. The molecule has 0 saturated carbocycles. The molecule has 0 saturated heterocycles. The number of hydrogen-bond donors (Lipinski definition) is 2. The van der Waals surface area contributed by atoms with Gasteiger partial charge in [0.2, 0.25) is 5.91 Å². The highest BCUT2D eigenvalue weighted by Crippen LogP contribution is 2.30. The minimum Gasteiger partial charge on any atom is -0.390 e. The minimum absolute atomic E-state index is 0.00686. The molecule has 0 aromatic carbocycles. The number of nitrogens with one attached hydrogen (secondary N) is 1. The first-order valence-electron chi connectivity index (χ1n) is 3.82. The average molecular weight is 196 g/mol. The molecule has 1 aromatic rings. The van der Waals surface area contributed by atoms with Gasteiger partial charge >= 0.3 is 0 Å². The number of rotatable bonds is 1. The molecule has 0 aliphatic carbocycles. The SMILES string of the molecule is O=C1CSc2cnc(CO)cc2N1. The summed E-state index contributed by atoms with van der Waals surface area (Å²) in [6.07, 6.45) is 1.67. The number of aliphatic hydroxyl groups excluding tert-OH is 1. The summed E-state index contributed by atoms with van der Waals surface area (Å²) < 4.78 is 0. The molecule has 1 amide bonds. The molecule has 2 heterocycles. The van der Waals surface area contributed by atoms with Crippen LogP contribution in [0.4, 0.5) is 5.69 Å². The van der Waals surface area contributed by atoms with E-state index in [1.54, 1.807) is 12.3 Å². The highest BCUT2D eigenvalue weighted by atomic mass is 32.2. The summed E-state index contributed by atoms with van der Waals surface area (Å²) in [5, 5.41) is 11.5. The molecule has 0 radical (unpaired) electrons. The third-order valence-electron chi connectivity index (χ3n) is 1.72. The van der Waals surface area contributed by atoms with Crippen molar-refractivity contribution < 1.29 is 9.90 Å². The van der Waals surface area contributed by atoms with Crippen LogP contribution in [0.1, 0.15) is 5.69 Å². The Bertz CT molecular complexity index is 354. The van der Waals surface area contributed by atoms with Crippen molar-refractivity contribution in [2.24, 2.45) is 0 Å². The summed E-state index contributed by atoms with van der Waals surface area (Å²) in [4.78, 5) is 16.0. The summed E-state index contributed by atoms with van der Waals surface area (Å²) in [5.74, 6) is 0.431. The van der Waals surface area contributed by atoms with E-state index in [0.717, 1.165) is 10.6 Å². The predicted molar refractivity (Wildman–Crippen MR) is 49.5 cm³/mol.